The van der Waals surface area contributed by atoms with Crippen molar-refractivity contribution in [1.82, 2.24) is 5.32 Å². The van der Waals surface area contributed by atoms with E-state index in [2.05, 4.69) is 10.6 Å². The van der Waals surface area contributed by atoms with Crippen molar-refractivity contribution < 1.29 is 19.5 Å². The minimum Gasteiger partial charge on any atom is -0.480 e. The van der Waals surface area contributed by atoms with Crippen LogP contribution in [-0.4, -0.2) is 28.9 Å². The molecule has 0 unspecified atom stereocenters. The molecule has 2 amide bonds. The average Bonchev–Trinajstić information content (AvgIpc) is 2.36. The molecule has 1 aromatic carbocycles. The van der Waals surface area contributed by atoms with E-state index in [1.165, 1.54) is 0 Å². The molecule has 0 aromatic heterocycles. The highest BCUT2D eigenvalue weighted by atomic mass is 16.4. The van der Waals surface area contributed by atoms with E-state index in [1.54, 1.807) is 45.0 Å². The van der Waals surface area contributed by atoms with Gasteiger partial charge >= 0.3 is 17.8 Å². The topological polar surface area (TPSA) is 95.5 Å². The molecule has 0 aliphatic rings. The summed E-state index contributed by atoms with van der Waals surface area (Å²) in [5.74, 6) is -3.05. The van der Waals surface area contributed by atoms with Crippen molar-refractivity contribution in [2.75, 3.05) is 5.32 Å². The van der Waals surface area contributed by atoms with Crippen LogP contribution < -0.4 is 10.6 Å². The van der Waals surface area contributed by atoms with E-state index in [9.17, 15) is 14.4 Å². The first kappa shape index (κ1) is 16.7. The van der Waals surface area contributed by atoms with Crippen LogP contribution in [0.15, 0.2) is 24.3 Å². The molecule has 21 heavy (non-hydrogen) atoms. The second-order valence-corrected chi connectivity index (χ2v) is 5.93. The Kier molecular flexibility index (Phi) is 5.07. The minimum absolute atomic E-state index is 0.475. The number of aliphatic carboxylic acids is 1. The van der Waals surface area contributed by atoms with Gasteiger partial charge in [-0.15, -0.1) is 0 Å². The van der Waals surface area contributed by atoms with Crippen LogP contribution >= 0.6 is 0 Å². The Balaban J connectivity index is 2.72. The lowest BCUT2D eigenvalue weighted by Crippen LogP contribution is -2.52. The maximum Gasteiger partial charge on any atom is 0.326 e. The zero-order valence-electron chi connectivity index (χ0n) is 12.6. The van der Waals surface area contributed by atoms with Crippen molar-refractivity contribution in [3.05, 3.63) is 29.8 Å². The van der Waals surface area contributed by atoms with Gasteiger partial charge in [0.1, 0.15) is 6.04 Å². The molecule has 0 aliphatic heterocycles. The van der Waals surface area contributed by atoms with Crippen molar-refractivity contribution in [3.63, 3.8) is 0 Å². The monoisotopic (exact) mass is 292 g/mol. The number of amides is 2. The second-order valence-electron chi connectivity index (χ2n) is 5.93. The van der Waals surface area contributed by atoms with Gasteiger partial charge in [-0.1, -0.05) is 38.5 Å². The summed E-state index contributed by atoms with van der Waals surface area (Å²) in [4.78, 5) is 34.7. The molecule has 0 saturated carbocycles. The standard InChI is InChI=1S/C15H20N2O4/c1-9-5-7-10(8-6-9)16-12(18)13(19)17-11(14(20)21)15(2,3)4/h5-8,11H,1-4H3,(H,16,18)(H,17,19)(H,20,21)/t11-/m0/s1. The molecule has 114 valence electrons. The van der Waals surface area contributed by atoms with Gasteiger partial charge in [-0.3, -0.25) is 9.59 Å². The molecule has 0 aliphatic carbocycles. The molecule has 0 saturated heterocycles. The lowest BCUT2D eigenvalue weighted by Gasteiger charge is -2.27. The third kappa shape index (κ3) is 4.91. The van der Waals surface area contributed by atoms with Gasteiger partial charge in [0.2, 0.25) is 0 Å². The summed E-state index contributed by atoms with van der Waals surface area (Å²) in [5, 5.41) is 13.8. The van der Waals surface area contributed by atoms with Gasteiger partial charge in [-0.05, 0) is 24.5 Å². The second kappa shape index (κ2) is 6.39. The van der Waals surface area contributed by atoms with Gasteiger partial charge in [-0.2, -0.15) is 0 Å². The molecule has 0 bridgehead atoms. The minimum atomic E-state index is -1.18. The summed E-state index contributed by atoms with van der Waals surface area (Å²) in [6.07, 6.45) is 0. The molecule has 3 N–H and O–H groups in total. The zero-order valence-corrected chi connectivity index (χ0v) is 12.6. The molecule has 1 atom stereocenters. The van der Waals surface area contributed by atoms with Gasteiger partial charge < -0.3 is 15.7 Å². The number of nitrogens with one attached hydrogen (secondary N) is 2. The van der Waals surface area contributed by atoms with Gasteiger partial charge in [0.25, 0.3) is 0 Å². The van der Waals surface area contributed by atoms with Crippen LogP contribution in [0.2, 0.25) is 0 Å². The van der Waals surface area contributed by atoms with Crippen molar-refractivity contribution in [3.8, 4) is 0 Å². The summed E-state index contributed by atoms with van der Waals surface area (Å²) < 4.78 is 0. The SMILES string of the molecule is Cc1ccc(NC(=O)C(=O)N[C@@H](C(=O)O)C(C)(C)C)cc1. The van der Waals surface area contributed by atoms with Crippen molar-refractivity contribution in [1.29, 1.82) is 0 Å². The number of hydrogen-bond acceptors (Lipinski definition) is 3. The maximum atomic E-state index is 11.8. The van der Waals surface area contributed by atoms with E-state index in [0.717, 1.165) is 5.56 Å². The summed E-state index contributed by atoms with van der Waals surface area (Å²) in [6.45, 7) is 6.91. The van der Waals surface area contributed by atoms with Gasteiger partial charge in [0, 0.05) is 5.69 Å². The van der Waals surface area contributed by atoms with Crippen LogP contribution in [0.3, 0.4) is 0 Å². The Morgan fingerprint density at radius 3 is 2.00 bits per heavy atom. The average molecular weight is 292 g/mol. The van der Waals surface area contributed by atoms with Crippen LogP contribution in [0.4, 0.5) is 5.69 Å². The quantitative estimate of drug-likeness (QED) is 0.736. The van der Waals surface area contributed by atoms with Crippen LogP contribution in [0, 0.1) is 12.3 Å². The van der Waals surface area contributed by atoms with Crippen LogP contribution in [0.25, 0.3) is 0 Å². The van der Waals surface area contributed by atoms with Crippen LogP contribution in [0.5, 0.6) is 0 Å². The number of carboxylic acids is 1. The number of carbonyl (C=O) groups excluding carboxylic acids is 2. The van der Waals surface area contributed by atoms with E-state index < -0.39 is 29.2 Å². The molecule has 0 fully saturated rings. The molecular weight excluding hydrogens is 272 g/mol. The number of anilines is 1. The summed E-state index contributed by atoms with van der Waals surface area (Å²) in [6, 6.07) is 5.78. The number of hydrogen-bond donors (Lipinski definition) is 3. The predicted octanol–water partition coefficient (Wildman–Crippen LogP) is 1.55. The Morgan fingerprint density at radius 2 is 1.57 bits per heavy atom. The fourth-order valence-electron chi connectivity index (χ4n) is 1.67. The van der Waals surface area contributed by atoms with Crippen LogP contribution in [-0.2, 0) is 14.4 Å². The summed E-state index contributed by atoms with van der Waals surface area (Å²) in [5.41, 5.74) is 0.797. The molecule has 1 rings (SSSR count). The lowest BCUT2D eigenvalue weighted by atomic mass is 9.87. The first-order chi connectivity index (χ1) is 9.61. The largest absolute Gasteiger partial charge is 0.480 e. The van der Waals surface area contributed by atoms with E-state index in [-0.39, 0.29) is 0 Å². The molecule has 0 heterocycles. The Labute approximate surface area is 123 Å². The fraction of sp³-hybridized carbons (Fsp3) is 0.400. The number of aryl methyl sites for hydroxylation is 1. The number of rotatable bonds is 3. The molecule has 1 aromatic rings. The maximum absolute atomic E-state index is 11.8. The Bertz CT molecular complexity index is 544. The first-order valence-corrected chi connectivity index (χ1v) is 6.52. The van der Waals surface area contributed by atoms with Gasteiger partial charge in [-0.25, -0.2) is 4.79 Å². The van der Waals surface area contributed by atoms with E-state index in [1.807, 2.05) is 6.92 Å². The van der Waals surface area contributed by atoms with Crippen molar-refractivity contribution >= 4 is 23.5 Å². The normalized spacial score (nSPS) is 12.4. The highest BCUT2D eigenvalue weighted by Crippen LogP contribution is 2.19. The molecular formula is C15H20N2O4. The van der Waals surface area contributed by atoms with E-state index in [4.69, 9.17) is 5.11 Å². The summed E-state index contributed by atoms with van der Waals surface area (Å²) >= 11 is 0. The number of carbonyl (C=O) groups is 3. The molecule has 0 spiro atoms. The van der Waals surface area contributed by atoms with Crippen LogP contribution in [0.1, 0.15) is 26.3 Å². The van der Waals surface area contributed by atoms with E-state index >= 15 is 0 Å². The van der Waals surface area contributed by atoms with Crippen molar-refractivity contribution in [2.24, 2.45) is 5.41 Å². The third-order valence-corrected chi connectivity index (χ3v) is 2.90. The summed E-state index contributed by atoms with van der Waals surface area (Å²) in [7, 11) is 0. The highest BCUT2D eigenvalue weighted by Gasteiger charge is 2.34. The molecule has 0 radical (unpaired) electrons. The number of benzene rings is 1. The van der Waals surface area contributed by atoms with Crippen molar-refractivity contribution in [2.45, 2.75) is 33.7 Å². The Hall–Kier alpha value is -2.37. The molecule has 6 nitrogen and oxygen atoms in total. The lowest BCUT2D eigenvalue weighted by molar-refractivity contribution is -0.146. The Morgan fingerprint density at radius 1 is 1.05 bits per heavy atom. The molecule has 6 heteroatoms. The van der Waals surface area contributed by atoms with Gasteiger partial charge in [0.05, 0.1) is 0 Å². The highest BCUT2D eigenvalue weighted by molar-refractivity contribution is 6.40. The predicted molar refractivity (Wildman–Crippen MR) is 78.8 cm³/mol. The first-order valence-electron chi connectivity index (χ1n) is 6.52. The number of carboxylic acid groups (broad SMARTS) is 1. The smallest absolute Gasteiger partial charge is 0.326 e. The third-order valence-electron chi connectivity index (χ3n) is 2.90. The zero-order chi connectivity index (χ0) is 16.2. The fourth-order valence-corrected chi connectivity index (χ4v) is 1.67. The van der Waals surface area contributed by atoms with E-state index in [0.29, 0.717) is 5.69 Å². The van der Waals surface area contributed by atoms with Gasteiger partial charge in [0.15, 0.2) is 0 Å².